The molecule has 0 aliphatic heterocycles. The van der Waals surface area contributed by atoms with Gasteiger partial charge < -0.3 is 19.6 Å². The number of hydrogen-bond acceptors (Lipinski definition) is 2. The number of hydrogen-bond donors (Lipinski definition) is 2. The van der Waals surface area contributed by atoms with Crippen molar-refractivity contribution in [3.63, 3.8) is 0 Å². The van der Waals surface area contributed by atoms with Crippen LogP contribution in [0.3, 0.4) is 0 Å². The van der Waals surface area contributed by atoms with Gasteiger partial charge in [-0.05, 0) is 0 Å². The Kier molecular flexibility index (Phi) is 7.75. The molecule has 6 nitrogen and oxygen atoms in total. The lowest BCUT2D eigenvalue weighted by Gasteiger charge is -2.24. The highest BCUT2D eigenvalue weighted by atomic mass is 16.2. The average Bonchev–Trinajstić information content (AvgIpc) is 2.22. The van der Waals surface area contributed by atoms with Gasteiger partial charge in [0.25, 0.3) is 0 Å². The third-order valence-electron chi connectivity index (χ3n) is 2.79. The van der Waals surface area contributed by atoms with Gasteiger partial charge in [0.2, 0.25) is 11.8 Å². The van der Waals surface area contributed by atoms with Crippen molar-refractivity contribution in [3.8, 4) is 0 Å². The van der Waals surface area contributed by atoms with E-state index >= 15 is 0 Å². The molecule has 20 heavy (non-hydrogen) atoms. The number of quaternary nitrogens is 2. The first-order valence-corrected chi connectivity index (χ1v) is 7.14. The van der Waals surface area contributed by atoms with E-state index < -0.39 is 0 Å². The van der Waals surface area contributed by atoms with Crippen molar-refractivity contribution in [2.75, 3.05) is 68.5 Å². The highest BCUT2D eigenvalue weighted by molar-refractivity contribution is 5.83. The van der Waals surface area contributed by atoms with E-state index in [2.05, 4.69) is 52.9 Å². The maximum Gasteiger partial charge on any atom is 0.220 e. The maximum atomic E-state index is 11.6. The fourth-order valence-corrected chi connectivity index (χ4v) is 1.47. The first-order chi connectivity index (χ1) is 8.99. The zero-order valence-corrected chi connectivity index (χ0v) is 14.0. The minimum atomic E-state index is -0.0554. The third-order valence-corrected chi connectivity index (χ3v) is 2.79. The molecule has 2 amide bonds. The monoisotopic (exact) mass is 288 g/mol. The van der Waals surface area contributed by atoms with Gasteiger partial charge in [-0.15, -0.1) is 0 Å². The molecule has 6 heteroatoms. The first kappa shape index (κ1) is 18.9. The van der Waals surface area contributed by atoms with Crippen LogP contribution in [-0.2, 0) is 9.59 Å². The number of carbonyl (C=O) groups excluding carboxylic acids is 2. The summed E-state index contributed by atoms with van der Waals surface area (Å²) >= 11 is 0. The lowest BCUT2D eigenvalue weighted by molar-refractivity contribution is -0.869. The van der Waals surface area contributed by atoms with Crippen molar-refractivity contribution >= 4 is 11.8 Å². The molecule has 118 valence electrons. The lowest BCUT2D eigenvalue weighted by atomic mass is 10.2. The third kappa shape index (κ3) is 13.3. The number of rotatable bonds is 9. The number of likely N-dealkylation sites (N-methyl/N-ethyl adjacent to an activating group) is 2. The molecule has 0 aromatic rings. The molecule has 0 heterocycles. The Labute approximate surface area is 123 Å². The molecule has 0 rings (SSSR count). The summed E-state index contributed by atoms with van der Waals surface area (Å²) in [7, 11) is 12.5. The van der Waals surface area contributed by atoms with Crippen molar-refractivity contribution in [2.24, 2.45) is 0 Å². The summed E-state index contributed by atoms with van der Waals surface area (Å²) in [6, 6.07) is 0. The molecule has 0 atom stereocenters. The van der Waals surface area contributed by atoms with E-state index in [4.69, 9.17) is 0 Å². The summed E-state index contributed by atoms with van der Waals surface area (Å²) in [6.45, 7) is 3.04. The molecular formula is C14H32N4O2+2. The predicted octanol–water partition coefficient (Wildman–Crippen LogP) is -0.589. The summed E-state index contributed by atoms with van der Waals surface area (Å²) in [5.74, 6) is -0.111. The summed E-state index contributed by atoms with van der Waals surface area (Å²) in [5, 5.41) is 5.67. The molecule has 0 bridgehead atoms. The highest BCUT2D eigenvalue weighted by Gasteiger charge is 2.11. The summed E-state index contributed by atoms with van der Waals surface area (Å²) < 4.78 is 1.62. The van der Waals surface area contributed by atoms with Gasteiger partial charge in [-0.3, -0.25) is 9.59 Å². The molecule has 0 aliphatic carbocycles. The van der Waals surface area contributed by atoms with Crippen LogP contribution in [0.2, 0.25) is 0 Å². The largest absolute Gasteiger partial charge is 0.350 e. The molecule has 2 N–H and O–H groups in total. The second kappa shape index (κ2) is 8.21. The normalized spacial score (nSPS) is 12.1. The van der Waals surface area contributed by atoms with Crippen LogP contribution in [0, 0.1) is 0 Å². The van der Waals surface area contributed by atoms with E-state index in [0.29, 0.717) is 13.1 Å². The summed E-state index contributed by atoms with van der Waals surface area (Å²) in [4.78, 5) is 23.1. The smallest absolute Gasteiger partial charge is 0.220 e. The van der Waals surface area contributed by atoms with Gasteiger partial charge in [0.05, 0.1) is 68.5 Å². The van der Waals surface area contributed by atoms with Crippen LogP contribution in [0.5, 0.6) is 0 Å². The van der Waals surface area contributed by atoms with Crippen LogP contribution in [0.25, 0.3) is 0 Å². The van der Waals surface area contributed by atoms with Crippen LogP contribution in [0.1, 0.15) is 12.8 Å². The topological polar surface area (TPSA) is 58.2 Å². The molecule has 0 saturated heterocycles. The van der Waals surface area contributed by atoms with Gasteiger partial charge in [0.15, 0.2) is 0 Å². The van der Waals surface area contributed by atoms with E-state index in [-0.39, 0.29) is 24.7 Å². The van der Waals surface area contributed by atoms with Crippen molar-refractivity contribution in [1.29, 1.82) is 0 Å². The average molecular weight is 288 g/mol. The van der Waals surface area contributed by atoms with E-state index in [1.807, 2.05) is 0 Å². The highest BCUT2D eigenvalue weighted by Crippen LogP contribution is 1.92. The second-order valence-electron chi connectivity index (χ2n) is 7.23. The van der Waals surface area contributed by atoms with Crippen LogP contribution in [0.4, 0.5) is 0 Å². The fourth-order valence-electron chi connectivity index (χ4n) is 1.47. The first-order valence-electron chi connectivity index (χ1n) is 7.14. The molecule has 0 aromatic carbocycles. The molecule has 0 unspecified atom stereocenters. The maximum absolute atomic E-state index is 11.6. The van der Waals surface area contributed by atoms with Gasteiger partial charge in [-0.1, -0.05) is 0 Å². The zero-order valence-electron chi connectivity index (χ0n) is 14.0. The Morgan fingerprint density at radius 2 is 1.00 bits per heavy atom. The predicted molar refractivity (Wildman–Crippen MR) is 81.1 cm³/mol. The van der Waals surface area contributed by atoms with Gasteiger partial charge in [0, 0.05) is 12.8 Å². The molecule has 0 spiro atoms. The molecular weight excluding hydrogens is 256 g/mol. The van der Waals surface area contributed by atoms with Gasteiger partial charge >= 0.3 is 0 Å². The van der Waals surface area contributed by atoms with Crippen molar-refractivity contribution in [3.05, 3.63) is 0 Å². The fraction of sp³-hybridized carbons (Fsp3) is 0.857. The van der Waals surface area contributed by atoms with Gasteiger partial charge in [-0.2, -0.15) is 0 Å². The van der Waals surface area contributed by atoms with E-state index in [0.717, 1.165) is 22.1 Å². The number of carbonyl (C=O) groups is 2. The van der Waals surface area contributed by atoms with E-state index in [1.54, 1.807) is 0 Å². The Hall–Kier alpha value is -1.14. The second-order valence-corrected chi connectivity index (χ2v) is 7.23. The molecule has 0 fully saturated rings. The number of nitrogens with one attached hydrogen (secondary N) is 2. The lowest BCUT2D eigenvalue weighted by Crippen LogP contribution is -2.42. The van der Waals surface area contributed by atoms with E-state index in [1.165, 1.54) is 0 Å². The Bertz CT molecular complexity index is 284. The molecule has 0 saturated carbocycles. The molecule has 0 aliphatic rings. The van der Waals surface area contributed by atoms with E-state index in [9.17, 15) is 9.59 Å². The Morgan fingerprint density at radius 1 is 0.700 bits per heavy atom. The van der Waals surface area contributed by atoms with Crippen LogP contribution in [-0.4, -0.2) is 89.2 Å². The summed E-state index contributed by atoms with van der Waals surface area (Å²) in [5.41, 5.74) is 0. The zero-order chi connectivity index (χ0) is 15.8. The van der Waals surface area contributed by atoms with Crippen molar-refractivity contribution in [2.45, 2.75) is 12.8 Å². The van der Waals surface area contributed by atoms with Crippen LogP contribution < -0.4 is 10.6 Å². The number of nitrogens with zero attached hydrogens (tertiary/aromatic N) is 2. The van der Waals surface area contributed by atoms with Crippen LogP contribution >= 0.6 is 0 Å². The van der Waals surface area contributed by atoms with Crippen molar-refractivity contribution in [1.82, 2.24) is 10.6 Å². The SMILES string of the molecule is C[N+](C)(C)CCNC(=O)CCC(=O)NCC[N+](C)(C)C. The summed E-state index contributed by atoms with van der Waals surface area (Å²) in [6.07, 6.45) is 0.515. The standard InChI is InChI=1S/C14H30N4O2/c1-17(2,3)11-9-15-13(19)7-8-14(20)16-10-12-18(4,5)6/h7-12H2,1-6H3/p+2. The van der Waals surface area contributed by atoms with Gasteiger partial charge in [0.1, 0.15) is 0 Å². The minimum absolute atomic E-state index is 0.0554. The van der Waals surface area contributed by atoms with Crippen LogP contribution in [0.15, 0.2) is 0 Å². The Balaban J connectivity index is 3.66. The molecule has 0 radical (unpaired) electrons. The Morgan fingerprint density at radius 3 is 1.25 bits per heavy atom. The minimum Gasteiger partial charge on any atom is -0.350 e. The van der Waals surface area contributed by atoms with Crippen molar-refractivity contribution < 1.29 is 18.6 Å². The quantitative estimate of drug-likeness (QED) is 0.557. The molecule has 0 aromatic heterocycles. The number of amides is 2. The van der Waals surface area contributed by atoms with Gasteiger partial charge in [-0.25, -0.2) is 0 Å².